The van der Waals surface area contributed by atoms with Crippen molar-refractivity contribution in [3.8, 4) is 5.75 Å². The van der Waals surface area contributed by atoms with E-state index in [-0.39, 0.29) is 18.2 Å². The van der Waals surface area contributed by atoms with Crippen LogP contribution in [0.5, 0.6) is 5.75 Å². The van der Waals surface area contributed by atoms with Crippen LogP contribution in [-0.2, 0) is 6.54 Å². The molecule has 1 aromatic heterocycles. The van der Waals surface area contributed by atoms with Gasteiger partial charge in [0.1, 0.15) is 5.75 Å². The average Bonchev–Trinajstić information content (AvgIpc) is 2.53. The molecule has 0 radical (unpaired) electrons. The Morgan fingerprint density at radius 3 is 2.83 bits per heavy atom. The third kappa shape index (κ3) is 4.30. The molecule has 0 spiro atoms. The molecule has 1 aliphatic heterocycles. The molecule has 1 unspecified atom stereocenters. The minimum atomic E-state index is 0. The van der Waals surface area contributed by atoms with Gasteiger partial charge in [0.15, 0.2) is 0 Å². The fraction of sp³-hybridized carbons (Fsp3) is 0.353. The van der Waals surface area contributed by atoms with E-state index in [4.69, 9.17) is 23.2 Å². The molecule has 1 aliphatic rings. The molecule has 2 aromatic rings. The molecule has 1 atom stereocenters. The molecule has 3 nitrogen and oxygen atoms in total. The second kappa shape index (κ2) is 8.20. The fourth-order valence-electron chi connectivity index (χ4n) is 3.09. The SMILES string of the molecule is Cl.Oc1c(Cl)cc(Cl)cc1CN1CCCCC1c1cccnc1. The molecule has 23 heavy (non-hydrogen) atoms. The number of hydrogen-bond donors (Lipinski definition) is 1. The summed E-state index contributed by atoms with van der Waals surface area (Å²) in [6.07, 6.45) is 7.18. The number of benzene rings is 1. The van der Waals surface area contributed by atoms with Gasteiger partial charge in [0.2, 0.25) is 0 Å². The molecule has 1 saturated heterocycles. The summed E-state index contributed by atoms with van der Waals surface area (Å²) in [5.41, 5.74) is 1.99. The number of likely N-dealkylation sites (tertiary alicyclic amines) is 1. The summed E-state index contributed by atoms with van der Waals surface area (Å²) in [6, 6.07) is 7.75. The number of halogens is 3. The second-order valence-electron chi connectivity index (χ2n) is 5.66. The van der Waals surface area contributed by atoms with Crippen LogP contribution in [0.2, 0.25) is 10.0 Å². The second-order valence-corrected chi connectivity index (χ2v) is 6.51. The highest BCUT2D eigenvalue weighted by molar-refractivity contribution is 6.35. The van der Waals surface area contributed by atoms with Crippen molar-refractivity contribution < 1.29 is 5.11 Å². The molecule has 0 saturated carbocycles. The van der Waals surface area contributed by atoms with Gasteiger partial charge in [0.05, 0.1) is 5.02 Å². The van der Waals surface area contributed by atoms with Gasteiger partial charge in [-0.25, -0.2) is 0 Å². The molecule has 0 amide bonds. The molecule has 3 rings (SSSR count). The van der Waals surface area contributed by atoms with E-state index in [2.05, 4.69) is 16.0 Å². The first-order valence-electron chi connectivity index (χ1n) is 7.46. The zero-order valence-corrected chi connectivity index (χ0v) is 14.9. The van der Waals surface area contributed by atoms with Gasteiger partial charge in [0.25, 0.3) is 0 Å². The van der Waals surface area contributed by atoms with Gasteiger partial charge < -0.3 is 5.11 Å². The Morgan fingerprint density at radius 2 is 2.09 bits per heavy atom. The van der Waals surface area contributed by atoms with Crippen LogP contribution in [-0.4, -0.2) is 21.5 Å². The van der Waals surface area contributed by atoms with Crippen molar-refractivity contribution in [2.75, 3.05) is 6.54 Å². The van der Waals surface area contributed by atoms with E-state index in [1.54, 1.807) is 18.3 Å². The topological polar surface area (TPSA) is 36.4 Å². The van der Waals surface area contributed by atoms with Crippen molar-refractivity contribution in [3.05, 3.63) is 57.8 Å². The molecule has 0 bridgehead atoms. The number of aromatic nitrogens is 1. The molecule has 1 fully saturated rings. The van der Waals surface area contributed by atoms with E-state index in [0.717, 1.165) is 24.9 Å². The number of phenolic OH excluding ortho intramolecular Hbond substituents is 1. The quantitative estimate of drug-likeness (QED) is 0.799. The lowest BCUT2D eigenvalue weighted by Gasteiger charge is -2.36. The third-order valence-electron chi connectivity index (χ3n) is 4.16. The van der Waals surface area contributed by atoms with E-state index in [1.165, 1.54) is 12.0 Å². The van der Waals surface area contributed by atoms with Gasteiger partial charge in [-0.05, 0) is 43.1 Å². The summed E-state index contributed by atoms with van der Waals surface area (Å²) in [6.45, 7) is 1.62. The van der Waals surface area contributed by atoms with Crippen LogP contribution in [0.1, 0.15) is 36.4 Å². The predicted octanol–water partition coefficient (Wildman–Crippen LogP) is 5.24. The first-order valence-corrected chi connectivity index (χ1v) is 8.21. The lowest BCUT2D eigenvalue weighted by molar-refractivity contribution is 0.139. The Kier molecular flexibility index (Phi) is 6.54. The minimum absolute atomic E-state index is 0. The van der Waals surface area contributed by atoms with Crippen molar-refractivity contribution >= 4 is 35.6 Å². The van der Waals surface area contributed by atoms with E-state index < -0.39 is 0 Å². The Labute approximate surface area is 152 Å². The molecule has 0 aliphatic carbocycles. The summed E-state index contributed by atoms with van der Waals surface area (Å²) in [4.78, 5) is 6.59. The van der Waals surface area contributed by atoms with Crippen LogP contribution >= 0.6 is 35.6 Å². The summed E-state index contributed by atoms with van der Waals surface area (Å²) < 4.78 is 0. The number of hydrogen-bond acceptors (Lipinski definition) is 3. The highest BCUT2D eigenvalue weighted by Crippen LogP contribution is 2.36. The standard InChI is InChI=1S/C17H18Cl2N2O.ClH/c18-14-8-13(17(22)15(19)9-14)11-21-7-2-1-5-16(21)12-4-3-6-20-10-12;/h3-4,6,8-10,16,22H,1-2,5,7,11H2;1H. The highest BCUT2D eigenvalue weighted by atomic mass is 35.5. The van der Waals surface area contributed by atoms with Gasteiger partial charge in [-0.15, -0.1) is 12.4 Å². The zero-order valence-electron chi connectivity index (χ0n) is 12.6. The van der Waals surface area contributed by atoms with Crippen LogP contribution in [0, 0.1) is 0 Å². The van der Waals surface area contributed by atoms with Gasteiger partial charge in [-0.3, -0.25) is 9.88 Å². The highest BCUT2D eigenvalue weighted by Gasteiger charge is 2.25. The van der Waals surface area contributed by atoms with Gasteiger partial charge in [-0.2, -0.15) is 0 Å². The smallest absolute Gasteiger partial charge is 0.138 e. The Balaban J connectivity index is 0.00000192. The molecule has 6 heteroatoms. The first kappa shape index (κ1) is 18.3. The van der Waals surface area contributed by atoms with Crippen LogP contribution < -0.4 is 0 Å². The molecular weight excluding hydrogens is 355 g/mol. The molecule has 1 aromatic carbocycles. The van der Waals surface area contributed by atoms with E-state index in [9.17, 15) is 5.11 Å². The maximum atomic E-state index is 10.2. The lowest BCUT2D eigenvalue weighted by Crippen LogP contribution is -2.33. The van der Waals surface area contributed by atoms with Crippen molar-refractivity contribution in [3.63, 3.8) is 0 Å². The number of pyridine rings is 1. The maximum Gasteiger partial charge on any atom is 0.138 e. The number of piperidine rings is 1. The molecule has 2 heterocycles. The number of phenols is 1. The normalized spacial score (nSPS) is 18.4. The third-order valence-corrected chi connectivity index (χ3v) is 4.67. The lowest BCUT2D eigenvalue weighted by atomic mass is 9.95. The van der Waals surface area contributed by atoms with Crippen LogP contribution in [0.4, 0.5) is 0 Å². The maximum absolute atomic E-state index is 10.2. The number of aromatic hydroxyl groups is 1. The molecule has 1 N–H and O–H groups in total. The Hall–Kier alpha value is -1.00. The first-order chi connectivity index (χ1) is 10.6. The van der Waals surface area contributed by atoms with E-state index in [0.29, 0.717) is 22.6 Å². The summed E-state index contributed by atoms with van der Waals surface area (Å²) in [5.74, 6) is 0.126. The van der Waals surface area contributed by atoms with E-state index >= 15 is 0 Å². The van der Waals surface area contributed by atoms with Crippen molar-refractivity contribution in [1.29, 1.82) is 0 Å². The molecule has 124 valence electrons. The number of rotatable bonds is 3. The number of nitrogens with zero attached hydrogens (tertiary/aromatic N) is 2. The minimum Gasteiger partial charge on any atom is -0.506 e. The van der Waals surface area contributed by atoms with Crippen LogP contribution in [0.3, 0.4) is 0 Å². The Morgan fingerprint density at radius 1 is 1.26 bits per heavy atom. The van der Waals surface area contributed by atoms with Gasteiger partial charge in [-0.1, -0.05) is 35.7 Å². The van der Waals surface area contributed by atoms with Crippen molar-refractivity contribution in [2.45, 2.75) is 31.8 Å². The summed E-state index contributed by atoms with van der Waals surface area (Å²) in [5, 5.41) is 11.0. The average molecular weight is 374 g/mol. The van der Waals surface area contributed by atoms with Gasteiger partial charge in [0, 0.05) is 35.6 Å². The van der Waals surface area contributed by atoms with Crippen molar-refractivity contribution in [2.24, 2.45) is 0 Å². The van der Waals surface area contributed by atoms with Crippen molar-refractivity contribution in [1.82, 2.24) is 9.88 Å². The fourth-order valence-corrected chi connectivity index (χ4v) is 3.62. The summed E-state index contributed by atoms with van der Waals surface area (Å²) in [7, 11) is 0. The molecular formula is C17H19Cl3N2O. The largest absolute Gasteiger partial charge is 0.506 e. The predicted molar refractivity (Wildman–Crippen MR) is 96.6 cm³/mol. The van der Waals surface area contributed by atoms with E-state index in [1.807, 2.05) is 12.3 Å². The Bertz CT molecular complexity index is 652. The van der Waals surface area contributed by atoms with Gasteiger partial charge >= 0.3 is 0 Å². The summed E-state index contributed by atoms with van der Waals surface area (Å²) >= 11 is 12.1. The van der Waals surface area contributed by atoms with Crippen LogP contribution in [0.25, 0.3) is 0 Å². The zero-order chi connectivity index (χ0) is 15.5. The monoisotopic (exact) mass is 372 g/mol. The van der Waals surface area contributed by atoms with Crippen LogP contribution in [0.15, 0.2) is 36.7 Å².